The van der Waals surface area contributed by atoms with E-state index < -0.39 is 11.7 Å². The average molecular weight is 227 g/mol. The molecule has 0 unspecified atom stereocenters. The van der Waals surface area contributed by atoms with Gasteiger partial charge in [-0.25, -0.2) is 9.97 Å². The predicted molar refractivity (Wildman–Crippen MR) is 34.7 cm³/mol. The zero-order valence-electron chi connectivity index (χ0n) is 5.06. The van der Waals surface area contributed by atoms with E-state index in [2.05, 4.69) is 25.9 Å². The van der Waals surface area contributed by atoms with Crippen molar-refractivity contribution < 1.29 is 13.2 Å². The highest BCUT2D eigenvalue weighted by molar-refractivity contribution is 9.10. The molecule has 0 bridgehead atoms. The molecule has 0 atom stereocenters. The van der Waals surface area contributed by atoms with Gasteiger partial charge in [0, 0.05) is 6.20 Å². The van der Waals surface area contributed by atoms with Crippen molar-refractivity contribution in [1.29, 1.82) is 0 Å². The van der Waals surface area contributed by atoms with E-state index in [0.29, 0.717) is 0 Å². The van der Waals surface area contributed by atoms with Crippen molar-refractivity contribution in [3.05, 3.63) is 22.7 Å². The van der Waals surface area contributed by atoms with Crippen molar-refractivity contribution in [3.8, 4) is 0 Å². The van der Waals surface area contributed by atoms with Gasteiger partial charge in [0.1, 0.15) is 16.5 Å². The van der Waals surface area contributed by atoms with Gasteiger partial charge in [0.05, 0.1) is 0 Å². The maximum absolute atomic E-state index is 11.9. The Balaban J connectivity index is 3.14. The van der Waals surface area contributed by atoms with E-state index in [-0.39, 0.29) is 4.60 Å². The van der Waals surface area contributed by atoms with Crippen LogP contribution in [-0.2, 0) is 6.18 Å². The first-order valence-corrected chi connectivity index (χ1v) is 3.34. The van der Waals surface area contributed by atoms with E-state index >= 15 is 0 Å². The highest BCUT2D eigenvalue weighted by Gasteiger charge is 2.33. The van der Waals surface area contributed by atoms with Gasteiger partial charge in [0.2, 0.25) is 0 Å². The Kier molecular flexibility index (Phi) is 2.12. The lowest BCUT2D eigenvalue weighted by Gasteiger charge is -2.05. The van der Waals surface area contributed by atoms with Crippen LogP contribution in [0.15, 0.2) is 17.1 Å². The lowest BCUT2D eigenvalue weighted by molar-refractivity contribution is -0.138. The van der Waals surface area contributed by atoms with E-state index in [1.54, 1.807) is 0 Å². The first kappa shape index (κ1) is 8.45. The maximum atomic E-state index is 11.9. The summed E-state index contributed by atoms with van der Waals surface area (Å²) >= 11 is 2.66. The molecule has 0 fully saturated rings. The van der Waals surface area contributed by atoms with Crippen LogP contribution >= 0.6 is 15.9 Å². The third-order valence-corrected chi connectivity index (χ3v) is 1.60. The molecule has 0 spiro atoms. The van der Waals surface area contributed by atoms with Crippen LogP contribution in [0.3, 0.4) is 0 Å². The minimum atomic E-state index is -4.39. The fourth-order valence-corrected chi connectivity index (χ4v) is 0.924. The second kappa shape index (κ2) is 2.77. The van der Waals surface area contributed by atoms with E-state index in [4.69, 9.17) is 0 Å². The summed E-state index contributed by atoms with van der Waals surface area (Å²) in [7, 11) is 0. The Morgan fingerprint density at radius 3 is 2.36 bits per heavy atom. The van der Waals surface area contributed by atoms with Crippen molar-refractivity contribution in [3.63, 3.8) is 0 Å². The first-order chi connectivity index (χ1) is 5.02. The van der Waals surface area contributed by atoms with Gasteiger partial charge in [0.25, 0.3) is 0 Å². The second-order valence-electron chi connectivity index (χ2n) is 1.72. The maximum Gasteiger partial charge on any atom is 0.420 e. The van der Waals surface area contributed by atoms with Gasteiger partial charge in [-0.05, 0) is 15.9 Å². The Labute approximate surface area is 68.6 Å². The topological polar surface area (TPSA) is 25.8 Å². The molecule has 11 heavy (non-hydrogen) atoms. The SMILES string of the molecule is FC(F)(F)c1cncnc1Br. The molecule has 0 N–H and O–H groups in total. The van der Waals surface area contributed by atoms with Crippen molar-refractivity contribution in [2.45, 2.75) is 6.18 Å². The average Bonchev–Trinajstić information content (AvgIpc) is 1.86. The molecular weight excluding hydrogens is 225 g/mol. The highest BCUT2D eigenvalue weighted by atomic mass is 79.9. The fraction of sp³-hybridized carbons (Fsp3) is 0.200. The molecule has 0 aliphatic heterocycles. The first-order valence-electron chi connectivity index (χ1n) is 2.54. The Morgan fingerprint density at radius 2 is 2.00 bits per heavy atom. The normalized spacial score (nSPS) is 11.6. The van der Waals surface area contributed by atoms with E-state index in [1.807, 2.05) is 0 Å². The molecule has 6 heteroatoms. The summed E-state index contributed by atoms with van der Waals surface area (Å²) in [6.45, 7) is 0. The van der Waals surface area contributed by atoms with Gasteiger partial charge in [-0.2, -0.15) is 13.2 Å². The summed E-state index contributed by atoms with van der Waals surface area (Å²) in [5.41, 5.74) is -0.861. The van der Waals surface area contributed by atoms with Gasteiger partial charge < -0.3 is 0 Å². The number of halogens is 4. The smallest absolute Gasteiger partial charge is 0.244 e. The minimum absolute atomic E-state index is 0.236. The summed E-state index contributed by atoms with van der Waals surface area (Å²) in [5.74, 6) is 0. The molecule has 0 saturated heterocycles. The summed E-state index contributed by atoms with van der Waals surface area (Å²) in [4.78, 5) is 6.58. The quantitative estimate of drug-likeness (QED) is 0.635. The van der Waals surface area contributed by atoms with Crippen LogP contribution in [0.1, 0.15) is 5.56 Å². The van der Waals surface area contributed by atoms with Gasteiger partial charge in [-0.1, -0.05) is 0 Å². The summed E-state index contributed by atoms with van der Waals surface area (Å²) < 4.78 is 35.6. The molecule has 0 saturated carbocycles. The van der Waals surface area contributed by atoms with E-state index in [1.165, 1.54) is 0 Å². The molecule has 0 amide bonds. The van der Waals surface area contributed by atoms with Crippen LogP contribution in [0, 0.1) is 0 Å². The molecule has 60 valence electrons. The lowest BCUT2D eigenvalue weighted by atomic mass is 10.3. The van der Waals surface area contributed by atoms with Gasteiger partial charge >= 0.3 is 6.18 Å². The molecule has 2 nitrogen and oxygen atoms in total. The number of aromatic nitrogens is 2. The Hall–Kier alpha value is -0.650. The van der Waals surface area contributed by atoms with Crippen LogP contribution in [0.4, 0.5) is 13.2 Å². The second-order valence-corrected chi connectivity index (χ2v) is 2.48. The van der Waals surface area contributed by atoms with Crippen molar-refractivity contribution >= 4 is 15.9 Å². The number of rotatable bonds is 0. The Bertz CT molecular complexity index is 260. The van der Waals surface area contributed by atoms with Gasteiger partial charge in [0.15, 0.2) is 0 Å². The molecule has 1 rings (SSSR count). The number of hydrogen-bond donors (Lipinski definition) is 0. The van der Waals surface area contributed by atoms with Crippen LogP contribution in [0.2, 0.25) is 0 Å². The largest absolute Gasteiger partial charge is 0.420 e. The number of hydrogen-bond acceptors (Lipinski definition) is 2. The zero-order valence-corrected chi connectivity index (χ0v) is 6.65. The summed E-state index contributed by atoms with van der Waals surface area (Å²) in [6, 6.07) is 0. The third-order valence-electron chi connectivity index (χ3n) is 0.969. The van der Waals surface area contributed by atoms with Crippen LogP contribution in [0.5, 0.6) is 0 Å². The molecule has 1 heterocycles. The summed E-state index contributed by atoms with van der Waals surface area (Å²) in [6.07, 6.45) is -2.63. The van der Waals surface area contributed by atoms with Crippen LogP contribution < -0.4 is 0 Å². The standard InChI is InChI=1S/C5H2BrF3N2/c6-4-3(5(7,8)9)1-10-2-11-4/h1-2H. The summed E-state index contributed by atoms with van der Waals surface area (Å²) in [5, 5.41) is 0. The van der Waals surface area contributed by atoms with Crippen LogP contribution in [0.25, 0.3) is 0 Å². The third kappa shape index (κ3) is 1.89. The fourth-order valence-electron chi connectivity index (χ4n) is 0.505. The molecule has 1 aromatic heterocycles. The molecule has 1 aromatic rings. The van der Waals surface area contributed by atoms with Crippen molar-refractivity contribution in [2.24, 2.45) is 0 Å². The van der Waals surface area contributed by atoms with Gasteiger partial charge in [-0.15, -0.1) is 0 Å². The van der Waals surface area contributed by atoms with Crippen molar-refractivity contribution in [2.75, 3.05) is 0 Å². The highest BCUT2D eigenvalue weighted by Crippen LogP contribution is 2.32. The Morgan fingerprint density at radius 1 is 1.36 bits per heavy atom. The van der Waals surface area contributed by atoms with E-state index in [9.17, 15) is 13.2 Å². The van der Waals surface area contributed by atoms with Gasteiger partial charge in [-0.3, -0.25) is 0 Å². The van der Waals surface area contributed by atoms with Crippen LogP contribution in [-0.4, -0.2) is 9.97 Å². The molecule has 0 aromatic carbocycles. The number of nitrogens with zero attached hydrogens (tertiary/aromatic N) is 2. The lowest BCUT2D eigenvalue weighted by Crippen LogP contribution is -2.07. The molecular formula is C5H2BrF3N2. The minimum Gasteiger partial charge on any atom is -0.244 e. The monoisotopic (exact) mass is 226 g/mol. The van der Waals surface area contributed by atoms with E-state index in [0.717, 1.165) is 12.5 Å². The molecule has 0 radical (unpaired) electrons. The number of alkyl halides is 3. The molecule has 0 aliphatic carbocycles. The zero-order chi connectivity index (χ0) is 8.48. The van der Waals surface area contributed by atoms with Crippen molar-refractivity contribution in [1.82, 2.24) is 9.97 Å². The predicted octanol–water partition coefficient (Wildman–Crippen LogP) is 2.26. The molecule has 0 aliphatic rings.